The lowest BCUT2D eigenvalue weighted by molar-refractivity contribution is 0.192. The molecule has 0 aliphatic carbocycles. The Morgan fingerprint density at radius 2 is 2.29 bits per heavy atom. The molecule has 2 N–H and O–H groups in total. The van der Waals surface area contributed by atoms with E-state index in [0.717, 1.165) is 5.82 Å². The molecule has 0 spiro atoms. The fraction of sp³-hybridized carbons (Fsp3) is 0.769. The quantitative estimate of drug-likeness (QED) is 0.821. The monoisotopic (exact) mass is 236 g/mol. The van der Waals surface area contributed by atoms with Crippen LogP contribution in [0.15, 0.2) is 12.4 Å². The van der Waals surface area contributed by atoms with Crippen molar-refractivity contribution < 1.29 is 0 Å². The molecule has 1 unspecified atom stereocenters. The van der Waals surface area contributed by atoms with Gasteiger partial charge in [-0.2, -0.15) is 0 Å². The molecule has 1 fully saturated rings. The number of aromatic nitrogens is 2. The molecule has 1 aliphatic rings. The third kappa shape index (κ3) is 3.54. The van der Waals surface area contributed by atoms with Gasteiger partial charge in [0.1, 0.15) is 5.82 Å². The van der Waals surface area contributed by atoms with Crippen LogP contribution < -0.4 is 5.32 Å². The lowest BCUT2D eigenvalue weighted by Gasteiger charge is -2.33. The Bertz CT molecular complexity index is 301. The highest BCUT2D eigenvalue weighted by Gasteiger charge is 2.20. The summed E-state index contributed by atoms with van der Waals surface area (Å²) in [5.74, 6) is 1.04. The highest BCUT2D eigenvalue weighted by molar-refractivity contribution is 4.95. The predicted octanol–water partition coefficient (Wildman–Crippen LogP) is 1.93. The van der Waals surface area contributed by atoms with Crippen molar-refractivity contribution in [3.63, 3.8) is 0 Å². The second-order valence-electron chi connectivity index (χ2n) is 4.98. The van der Waals surface area contributed by atoms with Gasteiger partial charge in [-0.25, -0.2) is 4.98 Å². The summed E-state index contributed by atoms with van der Waals surface area (Å²) in [6.45, 7) is 8.15. The maximum atomic E-state index is 4.30. The van der Waals surface area contributed by atoms with Gasteiger partial charge in [0.05, 0.1) is 6.04 Å². The van der Waals surface area contributed by atoms with Crippen molar-refractivity contribution in [2.75, 3.05) is 19.6 Å². The maximum Gasteiger partial charge on any atom is 0.122 e. The van der Waals surface area contributed by atoms with Gasteiger partial charge in [0.25, 0.3) is 0 Å². The van der Waals surface area contributed by atoms with Crippen LogP contribution in [0.5, 0.6) is 0 Å². The van der Waals surface area contributed by atoms with E-state index < -0.39 is 0 Å². The zero-order chi connectivity index (χ0) is 12.1. The SMILES string of the molecule is CCCN1CCC(NC(C)c2ncc[nH]2)CC1. The normalized spacial score (nSPS) is 20.6. The van der Waals surface area contributed by atoms with Crippen molar-refractivity contribution in [2.24, 2.45) is 0 Å². The molecule has 1 aliphatic heterocycles. The van der Waals surface area contributed by atoms with Crippen LogP contribution >= 0.6 is 0 Å². The van der Waals surface area contributed by atoms with Gasteiger partial charge in [-0.1, -0.05) is 6.92 Å². The van der Waals surface area contributed by atoms with Gasteiger partial charge in [0.2, 0.25) is 0 Å². The smallest absolute Gasteiger partial charge is 0.122 e. The molecule has 2 rings (SSSR count). The van der Waals surface area contributed by atoms with Crippen LogP contribution in [-0.2, 0) is 0 Å². The van der Waals surface area contributed by atoms with Gasteiger partial charge in [-0.3, -0.25) is 0 Å². The highest BCUT2D eigenvalue weighted by Crippen LogP contribution is 2.15. The van der Waals surface area contributed by atoms with Crippen LogP contribution in [0.4, 0.5) is 0 Å². The summed E-state index contributed by atoms with van der Waals surface area (Å²) in [5, 5.41) is 3.66. The number of hydrogen-bond donors (Lipinski definition) is 2. The maximum absolute atomic E-state index is 4.30. The number of likely N-dealkylation sites (tertiary alicyclic amines) is 1. The number of H-pyrrole nitrogens is 1. The molecule has 0 aromatic carbocycles. The van der Waals surface area contributed by atoms with E-state index in [1.807, 2.05) is 12.4 Å². The Balaban J connectivity index is 1.74. The molecular weight excluding hydrogens is 212 g/mol. The second kappa shape index (κ2) is 6.17. The van der Waals surface area contributed by atoms with E-state index in [1.54, 1.807) is 0 Å². The lowest BCUT2D eigenvalue weighted by atomic mass is 10.0. The molecule has 1 aromatic heterocycles. The van der Waals surface area contributed by atoms with Crippen LogP contribution in [0.2, 0.25) is 0 Å². The fourth-order valence-electron chi connectivity index (χ4n) is 2.59. The summed E-state index contributed by atoms with van der Waals surface area (Å²) in [4.78, 5) is 10.0. The number of nitrogens with one attached hydrogen (secondary N) is 2. The lowest BCUT2D eigenvalue weighted by Crippen LogP contribution is -2.43. The zero-order valence-electron chi connectivity index (χ0n) is 10.9. The molecular formula is C13H24N4. The Morgan fingerprint density at radius 3 is 2.88 bits per heavy atom. The van der Waals surface area contributed by atoms with Crippen molar-refractivity contribution in [1.82, 2.24) is 20.2 Å². The Hall–Kier alpha value is -0.870. The number of nitrogens with zero attached hydrogens (tertiary/aromatic N) is 2. The molecule has 4 nitrogen and oxygen atoms in total. The van der Waals surface area contributed by atoms with Gasteiger partial charge in [-0.15, -0.1) is 0 Å². The first-order valence-corrected chi connectivity index (χ1v) is 6.77. The Kier molecular flexibility index (Phi) is 4.57. The first-order valence-electron chi connectivity index (χ1n) is 6.77. The van der Waals surface area contributed by atoms with Gasteiger partial charge >= 0.3 is 0 Å². The van der Waals surface area contributed by atoms with E-state index in [4.69, 9.17) is 0 Å². The highest BCUT2D eigenvalue weighted by atomic mass is 15.1. The molecule has 17 heavy (non-hydrogen) atoms. The largest absolute Gasteiger partial charge is 0.347 e. The van der Waals surface area contributed by atoms with Crippen LogP contribution in [0, 0.1) is 0 Å². The van der Waals surface area contributed by atoms with E-state index in [1.165, 1.54) is 38.9 Å². The third-order valence-corrected chi connectivity index (χ3v) is 3.54. The van der Waals surface area contributed by atoms with Gasteiger partial charge in [0, 0.05) is 18.4 Å². The van der Waals surface area contributed by atoms with Gasteiger partial charge < -0.3 is 15.2 Å². The molecule has 0 saturated carbocycles. The number of piperidine rings is 1. The Morgan fingerprint density at radius 1 is 1.53 bits per heavy atom. The number of imidazole rings is 1. The summed E-state index contributed by atoms with van der Waals surface area (Å²) in [7, 11) is 0. The third-order valence-electron chi connectivity index (χ3n) is 3.54. The topological polar surface area (TPSA) is 44.0 Å². The fourth-order valence-corrected chi connectivity index (χ4v) is 2.59. The molecule has 1 atom stereocenters. The molecule has 0 bridgehead atoms. The van der Waals surface area contributed by atoms with Crippen LogP contribution in [-0.4, -0.2) is 40.5 Å². The standard InChI is InChI=1S/C13H24N4/c1-3-8-17-9-4-12(5-10-17)16-11(2)13-14-6-7-15-13/h6-7,11-12,16H,3-5,8-10H2,1-2H3,(H,14,15). The average Bonchev–Trinajstić information content (AvgIpc) is 2.86. The summed E-state index contributed by atoms with van der Waals surface area (Å²) >= 11 is 0. The summed E-state index contributed by atoms with van der Waals surface area (Å²) < 4.78 is 0. The van der Waals surface area contributed by atoms with Crippen molar-refractivity contribution >= 4 is 0 Å². The van der Waals surface area contributed by atoms with E-state index in [0.29, 0.717) is 12.1 Å². The first-order chi connectivity index (χ1) is 8.29. The number of rotatable bonds is 5. The minimum Gasteiger partial charge on any atom is -0.347 e. The van der Waals surface area contributed by atoms with Gasteiger partial charge in [-0.05, 0) is 45.8 Å². The molecule has 1 saturated heterocycles. The van der Waals surface area contributed by atoms with Crippen LogP contribution in [0.3, 0.4) is 0 Å². The Labute approximate surface area is 104 Å². The van der Waals surface area contributed by atoms with Crippen molar-refractivity contribution in [3.8, 4) is 0 Å². The van der Waals surface area contributed by atoms with E-state index >= 15 is 0 Å². The van der Waals surface area contributed by atoms with E-state index in [2.05, 4.69) is 34.0 Å². The van der Waals surface area contributed by atoms with Crippen LogP contribution in [0.1, 0.15) is 45.0 Å². The van der Waals surface area contributed by atoms with Crippen molar-refractivity contribution in [3.05, 3.63) is 18.2 Å². The average molecular weight is 236 g/mol. The molecule has 2 heterocycles. The molecule has 0 radical (unpaired) electrons. The minimum atomic E-state index is 0.327. The van der Waals surface area contributed by atoms with Crippen molar-refractivity contribution in [2.45, 2.75) is 45.2 Å². The minimum absolute atomic E-state index is 0.327. The van der Waals surface area contributed by atoms with E-state index in [9.17, 15) is 0 Å². The van der Waals surface area contributed by atoms with Crippen molar-refractivity contribution in [1.29, 1.82) is 0 Å². The molecule has 4 heteroatoms. The number of hydrogen-bond acceptors (Lipinski definition) is 3. The summed E-state index contributed by atoms with van der Waals surface area (Å²) in [5.41, 5.74) is 0. The summed E-state index contributed by atoms with van der Waals surface area (Å²) in [6, 6.07) is 0.968. The predicted molar refractivity (Wildman–Crippen MR) is 69.9 cm³/mol. The van der Waals surface area contributed by atoms with Crippen LogP contribution in [0.25, 0.3) is 0 Å². The zero-order valence-corrected chi connectivity index (χ0v) is 10.9. The summed E-state index contributed by atoms with van der Waals surface area (Å²) in [6.07, 6.45) is 7.48. The molecule has 96 valence electrons. The molecule has 0 amide bonds. The number of aromatic amines is 1. The molecule has 1 aromatic rings. The second-order valence-corrected chi connectivity index (χ2v) is 4.98. The van der Waals surface area contributed by atoms with Gasteiger partial charge in [0.15, 0.2) is 0 Å². The van der Waals surface area contributed by atoms with E-state index in [-0.39, 0.29) is 0 Å². The first kappa shape index (κ1) is 12.6.